The van der Waals surface area contributed by atoms with Gasteiger partial charge in [0.25, 0.3) is 5.91 Å². The molecule has 2 amide bonds. The van der Waals surface area contributed by atoms with Crippen molar-refractivity contribution in [1.29, 1.82) is 0 Å². The molecule has 7 nitrogen and oxygen atoms in total. The number of hydrogen-bond acceptors (Lipinski definition) is 5. The van der Waals surface area contributed by atoms with Crippen LogP contribution in [0.5, 0.6) is 11.5 Å². The van der Waals surface area contributed by atoms with Gasteiger partial charge in [-0.1, -0.05) is 23.2 Å². The number of piperidine rings is 1. The summed E-state index contributed by atoms with van der Waals surface area (Å²) in [4.78, 5) is 23.9. The molecule has 0 aliphatic carbocycles. The van der Waals surface area contributed by atoms with E-state index < -0.39 is 17.7 Å². The highest BCUT2D eigenvalue weighted by Crippen LogP contribution is 2.21. The Labute approximate surface area is 193 Å². The second kappa shape index (κ2) is 11.3. The molecule has 0 atom stereocenters. The molecule has 0 spiro atoms. The number of rotatable bonds is 7. The molecule has 0 saturated carbocycles. The Morgan fingerprint density at radius 1 is 1.00 bits per heavy atom. The molecule has 2 aromatic carbocycles. The molecule has 1 aliphatic rings. The summed E-state index contributed by atoms with van der Waals surface area (Å²) < 4.78 is 37.1. The van der Waals surface area contributed by atoms with Gasteiger partial charge in [0.2, 0.25) is 0 Å². The predicted octanol–water partition coefficient (Wildman–Crippen LogP) is 4.18. The van der Waals surface area contributed by atoms with Gasteiger partial charge < -0.3 is 14.8 Å². The average molecular weight is 488 g/mol. The lowest BCUT2D eigenvalue weighted by atomic mass is 9.98. The second-order valence-electron chi connectivity index (χ2n) is 7.18. The molecule has 0 unspecified atom stereocenters. The zero-order valence-corrected chi connectivity index (χ0v) is 18.4. The molecule has 1 fully saturated rings. The van der Waals surface area contributed by atoms with Gasteiger partial charge in [-0.15, -0.1) is 0 Å². The number of benzene rings is 2. The minimum atomic E-state index is -0.682. The smallest absolute Gasteiger partial charge is 0.412 e. The quantitative estimate of drug-likeness (QED) is 0.612. The third-order valence-corrected chi connectivity index (χ3v) is 5.41. The SMILES string of the molecule is O=C(COc1ccc(Cl)c(F)c1)NN1CCC(CNC(=O)Oc2ccc(Cl)c(F)c2)CC1. The van der Waals surface area contributed by atoms with Gasteiger partial charge in [-0.3, -0.25) is 10.2 Å². The van der Waals surface area contributed by atoms with Crippen LogP contribution in [0.4, 0.5) is 13.6 Å². The van der Waals surface area contributed by atoms with Crippen LogP contribution in [0.1, 0.15) is 12.8 Å². The fourth-order valence-corrected chi connectivity index (χ4v) is 3.32. The normalized spacial score (nSPS) is 14.6. The maximum absolute atomic E-state index is 13.4. The monoisotopic (exact) mass is 487 g/mol. The summed E-state index contributed by atoms with van der Waals surface area (Å²) in [7, 11) is 0. The lowest BCUT2D eigenvalue weighted by Gasteiger charge is -2.31. The molecule has 0 radical (unpaired) electrons. The van der Waals surface area contributed by atoms with E-state index in [1.54, 1.807) is 5.01 Å². The summed E-state index contributed by atoms with van der Waals surface area (Å²) in [6.07, 6.45) is 0.789. The van der Waals surface area contributed by atoms with Crippen molar-refractivity contribution < 1.29 is 27.8 Å². The van der Waals surface area contributed by atoms with Gasteiger partial charge in [0.1, 0.15) is 23.1 Å². The number of carbonyl (C=O) groups excluding carboxylic acids is 2. The fraction of sp³-hybridized carbons (Fsp3) is 0.333. The number of halogens is 4. The van der Waals surface area contributed by atoms with Crippen LogP contribution in [0.25, 0.3) is 0 Å². The molecule has 1 aliphatic heterocycles. The van der Waals surface area contributed by atoms with Crippen LogP contribution in [0.3, 0.4) is 0 Å². The molecule has 0 aromatic heterocycles. The topological polar surface area (TPSA) is 79.9 Å². The number of nitrogens with one attached hydrogen (secondary N) is 2. The molecule has 2 N–H and O–H groups in total. The Balaban J connectivity index is 1.32. The number of carbonyl (C=O) groups is 2. The predicted molar refractivity (Wildman–Crippen MR) is 115 cm³/mol. The van der Waals surface area contributed by atoms with E-state index in [9.17, 15) is 18.4 Å². The van der Waals surface area contributed by atoms with Crippen molar-refractivity contribution in [3.8, 4) is 11.5 Å². The third kappa shape index (κ3) is 7.22. The van der Waals surface area contributed by atoms with Gasteiger partial charge in [-0.2, -0.15) is 0 Å². The number of nitrogens with zero attached hydrogens (tertiary/aromatic N) is 1. The summed E-state index contributed by atoms with van der Waals surface area (Å²) in [6.45, 7) is 1.30. The molecule has 1 heterocycles. The van der Waals surface area contributed by atoms with Crippen LogP contribution in [-0.4, -0.2) is 43.3 Å². The molecule has 2 aromatic rings. The van der Waals surface area contributed by atoms with E-state index in [0.717, 1.165) is 25.0 Å². The van der Waals surface area contributed by atoms with E-state index in [1.807, 2.05) is 0 Å². The van der Waals surface area contributed by atoms with Crippen LogP contribution < -0.4 is 20.2 Å². The average Bonchev–Trinajstić information content (AvgIpc) is 2.77. The van der Waals surface area contributed by atoms with Crippen molar-refractivity contribution in [1.82, 2.24) is 15.8 Å². The van der Waals surface area contributed by atoms with Crippen molar-refractivity contribution in [3.63, 3.8) is 0 Å². The molecular weight excluding hydrogens is 467 g/mol. The summed E-state index contributed by atoms with van der Waals surface area (Å²) in [5, 5.41) is 4.34. The summed E-state index contributed by atoms with van der Waals surface area (Å²) >= 11 is 11.2. The lowest BCUT2D eigenvalue weighted by molar-refractivity contribution is -0.128. The largest absolute Gasteiger partial charge is 0.484 e. The van der Waals surface area contributed by atoms with Gasteiger partial charge in [0.15, 0.2) is 6.61 Å². The Bertz CT molecular complexity index is 972. The van der Waals surface area contributed by atoms with Crippen LogP contribution in [-0.2, 0) is 4.79 Å². The van der Waals surface area contributed by atoms with Gasteiger partial charge in [-0.25, -0.2) is 18.6 Å². The first kappa shape index (κ1) is 24.0. The van der Waals surface area contributed by atoms with Gasteiger partial charge in [0, 0.05) is 31.8 Å². The molecule has 11 heteroatoms. The number of hydrogen-bond donors (Lipinski definition) is 2. The Hall–Kier alpha value is -2.62. The van der Waals surface area contributed by atoms with Crippen LogP contribution in [0.15, 0.2) is 36.4 Å². The van der Waals surface area contributed by atoms with Crippen molar-refractivity contribution in [2.45, 2.75) is 12.8 Å². The standard InChI is InChI=1S/C21H21Cl2F2N3O4/c22-16-3-1-14(9-18(16)24)31-12-20(29)27-28-7-5-13(6-8-28)11-26-21(30)32-15-2-4-17(23)19(25)10-15/h1-4,9-10,13H,5-8,11-12H2,(H,26,30)(H,27,29). The van der Waals surface area contributed by atoms with Crippen LogP contribution >= 0.6 is 23.2 Å². The summed E-state index contributed by atoms with van der Waals surface area (Å²) in [5.41, 5.74) is 2.73. The molecule has 3 rings (SSSR count). The molecule has 32 heavy (non-hydrogen) atoms. The Morgan fingerprint density at radius 3 is 2.22 bits per heavy atom. The lowest BCUT2D eigenvalue weighted by Crippen LogP contribution is -2.49. The number of hydrazine groups is 1. The summed E-state index contributed by atoms with van der Waals surface area (Å²) in [6, 6.07) is 7.69. The van der Waals surface area contributed by atoms with E-state index in [2.05, 4.69) is 10.7 Å². The van der Waals surface area contributed by atoms with Gasteiger partial charge in [-0.05, 0) is 43.0 Å². The molecule has 0 bridgehead atoms. The van der Waals surface area contributed by atoms with Gasteiger partial charge in [0.05, 0.1) is 10.0 Å². The molecule has 172 valence electrons. The Kier molecular flexibility index (Phi) is 8.49. The van der Waals surface area contributed by atoms with E-state index in [0.29, 0.717) is 19.6 Å². The first-order valence-corrected chi connectivity index (χ1v) is 10.6. The first-order valence-electron chi connectivity index (χ1n) is 9.83. The van der Waals surface area contributed by atoms with Crippen molar-refractivity contribution >= 4 is 35.2 Å². The zero-order chi connectivity index (χ0) is 23.1. The van der Waals surface area contributed by atoms with E-state index in [1.165, 1.54) is 24.3 Å². The highest BCUT2D eigenvalue weighted by molar-refractivity contribution is 6.31. The third-order valence-electron chi connectivity index (χ3n) is 4.80. The van der Waals surface area contributed by atoms with Crippen molar-refractivity contribution in [2.75, 3.05) is 26.2 Å². The maximum Gasteiger partial charge on any atom is 0.412 e. The van der Waals surface area contributed by atoms with Gasteiger partial charge >= 0.3 is 6.09 Å². The second-order valence-corrected chi connectivity index (χ2v) is 7.99. The molecule has 1 saturated heterocycles. The summed E-state index contributed by atoms with van der Waals surface area (Å²) in [5.74, 6) is -1.19. The fourth-order valence-electron chi connectivity index (χ4n) is 3.08. The van der Waals surface area contributed by atoms with Crippen LogP contribution in [0.2, 0.25) is 10.0 Å². The van der Waals surface area contributed by atoms with E-state index in [4.69, 9.17) is 32.7 Å². The highest BCUT2D eigenvalue weighted by Gasteiger charge is 2.21. The van der Waals surface area contributed by atoms with E-state index >= 15 is 0 Å². The highest BCUT2D eigenvalue weighted by atomic mass is 35.5. The number of ether oxygens (including phenoxy) is 2. The van der Waals surface area contributed by atoms with E-state index in [-0.39, 0.29) is 40.0 Å². The Morgan fingerprint density at radius 2 is 1.59 bits per heavy atom. The minimum Gasteiger partial charge on any atom is -0.484 e. The molecular formula is C21H21Cl2F2N3O4. The number of amides is 2. The zero-order valence-electron chi connectivity index (χ0n) is 16.9. The first-order chi connectivity index (χ1) is 15.3. The minimum absolute atomic E-state index is 0.0219. The van der Waals surface area contributed by atoms with Crippen LogP contribution in [0, 0.1) is 17.6 Å². The maximum atomic E-state index is 13.4. The van der Waals surface area contributed by atoms with Crippen molar-refractivity contribution in [2.24, 2.45) is 5.92 Å². The van der Waals surface area contributed by atoms with Crippen molar-refractivity contribution in [3.05, 3.63) is 58.1 Å².